The number of hydrogen-bond acceptors (Lipinski definition) is 3. The van der Waals surface area contributed by atoms with Crippen molar-refractivity contribution >= 4 is 25.8 Å². The highest BCUT2D eigenvalue weighted by Crippen LogP contribution is 2.32. The van der Waals surface area contributed by atoms with Crippen LogP contribution in [0.1, 0.15) is 6.92 Å². The lowest BCUT2D eigenvalue weighted by Gasteiger charge is -2.30. The van der Waals surface area contributed by atoms with Crippen LogP contribution < -0.4 is 0 Å². The maximum atomic E-state index is 11.0. The summed E-state index contributed by atoms with van der Waals surface area (Å²) in [4.78, 5) is 12.1. The molecule has 0 aromatic rings. The molecule has 0 spiro atoms. The van der Waals surface area contributed by atoms with E-state index in [1.165, 1.54) is 0 Å². The smallest absolute Gasteiger partial charge is 0.332 e. The Labute approximate surface area is 78.4 Å². The van der Waals surface area contributed by atoms with Gasteiger partial charge in [0.2, 0.25) is 0 Å². The summed E-state index contributed by atoms with van der Waals surface area (Å²) in [6, 6.07) is 0. The van der Waals surface area contributed by atoms with E-state index in [4.69, 9.17) is 4.74 Å². The van der Waals surface area contributed by atoms with Gasteiger partial charge in [0.1, 0.15) is 13.1 Å². The number of esters is 1. The SMILES string of the molecule is CC1=CC(=O)OC([Si](C)(C)C)S1. The largest absolute Gasteiger partial charge is 0.452 e. The van der Waals surface area contributed by atoms with Gasteiger partial charge >= 0.3 is 5.97 Å². The molecule has 0 fully saturated rings. The molecule has 1 heterocycles. The molecule has 0 aromatic carbocycles. The topological polar surface area (TPSA) is 26.3 Å². The summed E-state index contributed by atoms with van der Waals surface area (Å²) in [5.41, 5.74) is 0. The van der Waals surface area contributed by atoms with Gasteiger partial charge in [-0.3, -0.25) is 0 Å². The molecule has 2 nitrogen and oxygen atoms in total. The lowest BCUT2D eigenvalue weighted by molar-refractivity contribution is -0.137. The quantitative estimate of drug-likeness (QED) is 0.482. The molecule has 1 rings (SSSR count). The van der Waals surface area contributed by atoms with E-state index in [-0.39, 0.29) is 11.0 Å². The lowest BCUT2D eigenvalue weighted by Crippen LogP contribution is -2.40. The van der Waals surface area contributed by atoms with Gasteiger partial charge < -0.3 is 4.74 Å². The summed E-state index contributed by atoms with van der Waals surface area (Å²) >= 11 is 1.68. The predicted molar refractivity (Wildman–Crippen MR) is 54.6 cm³/mol. The number of cyclic esters (lactones) is 1. The Balaban J connectivity index is 2.74. The maximum absolute atomic E-state index is 11.0. The second-order valence-electron chi connectivity index (χ2n) is 4.01. The van der Waals surface area contributed by atoms with E-state index in [1.807, 2.05) is 6.92 Å². The molecule has 0 aromatic heterocycles. The van der Waals surface area contributed by atoms with E-state index in [0.717, 1.165) is 4.91 Å². The van der Waals surface area contributed by atoms with Crippen LogP contribution in [0, 0.1) is 0 Å². The van der Waals surface area contributed by atoms with Gasteiger partial charge in [-0.2, -0.15) is 0 Å². The van der Waals surface area contributed by atoms with Gasteiger partial charge in [0.05, 0.1) is 0 Å². The van der Waals surface area contributed by atoms with Gasteiger partial charge in [-0.05, 0) is 11.8 Å². The lowest BCUT2D eigenvalue weighted by atomic mass is 10.5. The number of thioether (sulfide) groups is 1. The molecular weight excluding hydrogens is 188 g/mol. The number of carbonyl (C=O) groups is 1. The molecule has 4 heteroatoms. The maximum Gasteiger partial charge on any atom is 0.332 e. The van der Waals surface area contributed by atoms with E-state index in [0.29, 0.717) is 0 Å². The Morgan fingerprint density at radius 3 is 2.50 bits per heavy atom. The highest BCUT2D eigenvalue weighted by Gasteiger charge is 2.33. The van der Waals surface area contributed by atoms with E-state index in [1.54, 1.807) is 17.8 Å². The molecule has 1 aliphatic rings. The molecule has 0 amide bonds. The van der Waals surface area contributed by atoms with Crippen LogP contribution in [0.5, 0.6) is 0 Å². The van der Waals surface area contributed by atoms with Gasteiger partial charge in [0.25, 0.3) is 0 Å². The second-order valence-corrected chi connectivity index (χ2v) is 11.0. The van der Waals surface area contributed by atoms with Gasteiger partial charge in [-0.1, -0.05) is 31.4 Å². The minimum atomic E-state index is -1.36. The van der Waals surface area contributed by atoms with E-state index in [9.17, 15) is 4.79 Å². The van der Waals surface area contributed by atoms with Crippen LogP contribution in [0.25, 0.3) is 0 Å². The van der Waals surface area contributed by atoms with Gasteiger partial charge in [0.15, 0.2) is 0 Å². The van der Waals surface area contributed by atoms with E-state index >= 15 is 0 Å². The first-order chi connectivity index (χ1) is 5.39. The summed E-state index contributed by atoms with van der Waals surface area (Å²) in [7, 11) is -1.36. The van der Waals surface area contributed by atoms with Crippen LogP contribution in [0.2, 0.25) is 19.6 Å². The Morgan fingerprint density at radius 2 is 2.08 bits per heavy atom. The monoisotopic (exact) mass is 202 g/mol. The fraction of sp³-hybridized carbons (Fsp3) is 0.625. The van der Waals surface area contributed by atoms with Crippen LogP contribution >= 0.6 is 11.8 Å². The first-order valence-electron chi connectivity index (χ1n) is 3.95. The van der Waals surface area contributed by atoms with Crippen LogP contribution in [0.4, 0.5) is 0 Å². The first kappa shape index (κ1) is 9.86. The zero-order valence-electron chi connectivity index (χ0n) is 7.88. The van der Waals surface area contributed by atoms with Gasteiger partial charge in [-0.25, -0.2) is 4.79 Å². The summed E-state index contributed by atoms with van der Waals surface area (Å²) < 4.78 is 5.23. The standard InChI is InChI=1S/C8H14O2SSi/c1-6-5-7(9)10-8(11-6)12(2,3)4/h5,8H,1-4H3. The fourth-order valence-electron chi connectivity index (χ4n) is 0.886. The van der Waals surface area contributed by atoms with Gasteiger partial charge in [-0.15, -0.1) is 0 Å². The molecule has 68 valence electrons. The zero-order valence-corrected chi connectivity index (χ0v) is 9.70. The molecule has 1 aliphatic heterocycles. The van der Waals surface area contributed by atoms with Crippen LogP contribution in [0.15, 0.2) is 11.0 Å². The number of ether oxygens (including phenoxy) is 1. The van der Waals surface area contributed by atoms with Crippen molar-refractivity contribution in [1.29, 1.82) is 0 Å². The second kappa shape index (κ2) is 3.26. The minimum Gasteiger partial charge on any atom is -0.452 e. The molecule has 12 heavy (non-hydrogen) atoms. The number of allylic oxidation sites excluding steroid dienone is 1. The number of hydrogen-bond donors (Lipinski definition) is 0. The average molecular weight is 202 g/mol. The Bertz CT molecular complexity index is 230. The molecule has 1 atom stereocenters. The summed E-state index contributed by atoms with van der Waals surface area (Å²) in [6.07, 6.45) is 1.56. The van der Waals surface area contributed by atoms with E-state index in [2.05, 4.69) is 19.6 Å². The molecule has 0 saturated carbocycles. The van der Waals surface area contributed by atoms with Gasteiger partial charge in [0, 0.05) is 6.08 Å². The Morgan fingerprint density at radius 1 is 1.50 bits per heavy atom. The highest BCUT2D eigenvalue weighted by molar-refractivity contribution is 8.05. The normalized spacial score (nSPS) is 24.8. The van der Waals surface area contributed by atoms with Crippen molar-refractivity contribution in [3.63, 3.8) is 0 Å². The average Bonchev–Trinajstić information content (AvgIpc) is 1.82. The van der Waals surface area contributed by atoms with Crippen LogP contribution in [-0.4, -0.2) is 19.1 Å². The third-order valence-corrected chi connectivity index (χ3v) is 6.35. The third kappa shape index (κ3) is 2.38. The van der Waals surface area contributed by atoms with Crippen molar-refractivity contribution in [1.82, 2.24) is 0 Å². The van der Waals surface area contributed by atoms with Crippen molar-refractivity contribution < 1.29 is 9.53 Å². The summed E-state index contributed by atoms with van der Waals surface area (Å²) in [5.74, 6) is -0.182. The number of carbonyl (C=O) groups excluding carboxylic acids is 1. The zero-order chi connectivity index (χ0) is 9.35. The molecule has 0 aliphatic carbocycles. The Kier molecular flexibility index (Phi) is 2.68. The molecular formula is C8H14O2SSi. The van der Waals surface area contributed by atoms with Crippen molar-refractivity contribution in [3.8, 4) is 0 Å². The molecule has 0 radical (unpaired) electrons. The summed E-state index contributed by atoms with van der Waals surface area (Å²) in [6.45, 7) is 8.57. The van der Waals surface area contributed by atoms with Crippen molar-refractivity contribution in [3.05, 3.63) is 11.0 Å². The molecule has 0 saturated heterocycles. The van der Waals surface area contributed by atoms with Crippen molar-refractivity contribution in [2.45, 2.75) is 31.6 Å². The summed E-state index contributed by atoms with van der Waals surface area (Å²) in [5, 5.41) is 0.0926. The minimum absolute atomic E-state index is 0.0926. The van der Waals surface area contributed by atoms with Crippen LogP contribution in [0.3, 0.4) is 0 Å². The van der Waals surface area contributed by atoms with Crippen molar-refractivity contribution in [2.24, 2.45) is 0 Å². The predicted octanol–water partition coefficient (Wildman–Crippen LogP) is 2.38. The van der Waals surface area contributed by atoms with Crippen LogP contribution in [-0.2, 0) is 9.53 Å². The Hall–Kier alpha value is -0.223. The van der Waals surface area contributed by atoms with E-state index < -0.39 is 8.07 Å². The third-order valence-electron chi connectivity index (χ3n) is 1.54. The number of rotatable bonds is 1. The van der Waals surface area contributed by atoms with Crippen molar-refractivity contribution in [2.75, 3.05) is 0 Å². The first-order valence-corrected chi connectivity index (χ1v) is 8.41. The molecule has 0 bridgehead atoms. The molecule has 0 N–H and O–H groups in total. The fourth-order valence-corrected chi connectivity index (χ4v) is 3.97. The molecule has 1 unspecified atom stereocenters. The highest BCUT2D eigenvalue weighted by atomic mass is 32.2.